The van der Waals surface area contributed by atoms with Crippen molar-refractivity contribution in [3.8, 4) is 0 Å². The summed E-state index contributed by atoms with van der Waals surface area (Å²) in [5, 5.41) is 0.610. The van der Waals surface area contributed by atoms with E-state index in [4.69, 9.17) is 21.1 Å². The molecular formula is C18H20ClNO4. The van der Waals surface area contributed by atoms with E-state index in [1.807, 2.05) is 37.9 Å². The highest BCUT2D eigenvalue weighted by atomic mass is 35.5. The van der Waals surface area contributed by atoms with Crippen molar-refractivity contribution in [1.29, 1.82) is 0 Å². The number of esters is 1. The summed E-state index contributed by atoms with van der Waals surface area (Å²) in [7, 11) is 3.22. The number of carbonyl (C=O) groups is 2. The van der Waals surface area contributed by atoms with Gasteiger partial charge in [0.25, 0.3) is 6.47 Å². The quantitative estimate of drug-likeness (QED) is 0.603. The second-order valence-corrected chi connectivity index (χ2v) is 5.99. The first-order valence-electron chi connectivity index (χ1n) is 7.45. The molecule has 0 amide bonds. The largest absolute Gasteiger partial charge is 0.466 e. The van der Waals surface area contributed by atoms with Gasteiger partial charge < -0.3 is 14.4 Å². The molecule has 0 saturated heterocycles. The molecule has 1 unspecified atom stereocenters. The number of rotatable bonds is 5. The minimum absolute atomic E-state index is 0.0980. The molecule has 1 aromatic carbocycles. The number of carbonyl (C=O) groups excluding carboxylic acids is 2. The van der Waals surface area contributed by atoms with Gasteiger partial charge in [-0.3, -0.25) is 4.79 Å². The highest BCUT2D eigenvalue weighted by Crippen LogP contribution is 2.41. The summed E-state index contributed by atoms with van der Waals surface area (Å²) in [6.07, 6.45) is 0. The first kappa shape index (κ1) is 18.1. The second-order valence-electron chi connectivity index (χ2n) is 5.55. The van der Waals surface area contributed by atoms with Gasteiger partial charge in [-0.2, -0.15) is 0 Å². The van der Waals surface area contributed by atoms with Crippen molar-refractivity contribution in [2.24, 2.45) is 0 Å². The molecule has 1 aliphatic heterocycles. The minimum Gasteiger partial charge on any atom is -0.466 e. The Hall–Kier alpha value is -2.27. The maximum atomic E-state index is 12.4. The molecule has 6 heteroatoms. The van der Waals surface area contributed by atoms with Crippen molar-refractivity contribution >= 4 is 24.0 Å². The van der Waals surface area contributed by atoms with Crippen LogP contribution in [0, 0.1) is 0 Å². The highest BCUT2D eigenvalue weighted by molar-refractivity contribution is 6.30. The standard InChI is InChI=1S/C18H20ClNO4/c1-11-15(9-24-10-21)17(13-5-7-14(19)8-6-13)16(18(22)23-4)12(2)20(11)3/h5-8,10,17H,9H2,1-4H3. The van der Waals surface area contributed by atoms with E-state index in [1.165, 1.54) is 7.11 Å². The van der Waals surface area contributed by atoms with Crippen LogP contribution in [0.5, 0.6) is 0 Å². The summed E-state index contributed by atoms with van der Waals surface area (Å²) >= 11 is 5.98. The zero-order valence-corrected chi connectivity index (χ0v) is 14.9. The van der Waals surface area contributed by atoms with E-state index in [9.17, 15) is 9.59 Å². The molecule has 1 aromatic rings. The summed E-state index contributed by atoms with van der Waals surface area (Å²) in [6.45, 7) is 4.31. The molecule has 5 nitrogen and oxygen atoms in total. The average Bonchev–Trinajstić information content (AvgIpc) is 2.59. The lowest BCUT2D eigenvalue weighted by Gasteiger charge is -2.36. The third-order valence-corrected chi connectivity index (χ3v) is 4.67. The van der Waals surface area contributed by atoms with Crippen molar-refractivity contribution in [2.45, 2.75) is 19.8 Å². The molecule has 0 fully saturated rings. The van der Waals surface area contributed by atoms with Crippen LogP contribution < -0.4 is 0 Å². The lowest BCUT2D eigenvalue weighted by Crippen LogP contribution is -2.31. The molecule has 0 radical (unpaired) electrons. The monoisotopic (exact) mass is 349 g/mol. The Bertz CT molecular complexity index is 706. The molecule has 0 aliphatic carbocycles. The number of ether oxygens (including phenoxy) is 2. The van der Waals surface area contributed by atoms with Gasteiger partial charge in [-0.1, -0.05) is 23.7 Å². The van der Waals surface area contributed by atoms with Crippen molar-refractivity contribution < 1.29 is 19.1 Å². The van der Waals surface area contributed by atoms with Crippen LogP contribution in [-0.4, -0.2) is 38.1 Å². The molecule has 1 heterocycles. The highest BCUT2D eigenvalue weighted by Gasteiger charge is 2.35. The molecule has 0 aromatic heterocycles. The number of hydrogen-bond donors (Lipinski definition) is 0. The Kier molecular flexibility index (Phi) is 5.67. The van der Waals surface area contributed by atoms with Gasteiger partial charge in [0.2, 0.25) is 0 Å². The van der Waals surface area contributed by atoms with Crippen LogP contribution in [-0.2, 0) is 19.1 Å². The lowest BCUT2D eigenvalue weighted by molar-refractivity contribution is -0.136. The summed E-state index contributed by atoms with van der Waals surface area (Å²) in [5.41, 5.74) is 3.97. The third-order valence-electron chi connectivity index (χ3n) is 4.41. The average molecular weight is 350 g/mol. The zero-order chi connectivity index (χ0) is 17.9. The fourth-order valence-electron chi connectivity index (χ4n) is 2.95. The van der Waals surface area contributed by atoms with Crippen molar-refractivity contribution in [1.82, 2.24) is 4.90 Å². The van der Waals surface area contributed by atoms with Crippen molar-refractivity contribution in [2.75, 3.05) is 20.8 Å². The van der Waals surface area contributed by atoms with Crippen molar-refractivity contribution in [3.05, 3.63) is 57.4 Å². The van der Waals surface area contributed by atoms with Crippen LogP contribution in [0.2, 0.25) is 5.02 Å². The van der Waals surface area contributed by atoms with Gasteiger partial charge in [-0.25, -0.2) is 4.79 Å². The Balaban J connectivity index is 2.64. The van der Waals surface area contributed by atoms with Gasteiger partial charge >= 0.3 is 5.97 Å². The Morgan fingerprint density at radius 3 is 2.42 bits per heavy atom. The fraction of sp³-hybridized carbons (Fsp3) is 0.333. The molecule has 128 valence electrons. The number of allylic oxidation sites excluding steroid dienone is 2. The maximum Gasteiger partial charge on any atom is 0.336 e. The van der Waals surface area contributed by atoms with E-state index in [0.29, 0.717) is 17.1 Å². The van der Waals surface area contributed by atoms with E-state index < -0.39 is 5.97 Å². The first-order valence-corrected chi connectivity index (χ1v) is 7.83. The Morgan fingerprint density at radius 1 is 1.25 bits per heavy atom. The molecular weight excluding hydrogens is 330 g/mol. The van der Waals surface area contributed by atoms with Crippen LogP contribution in [0.25, 0.3) is 0 Å². The number of methoxy groups -OCH3 is 1. The van der Waals surface area contributed by atoms with Gasteiger partial charge in [0, 0.05) is 29.4 Å². The van der Waals surface area contributed by atoms with Gasteiger partial charge in [-0.15, -0.1) is 0 Å². The molecule has 2 rings (SSSR count). The number of nitrogens with zero attached hydrogens (tertiary/aromatic N) is 1. The van der Waals surface area contributed by atoms with E-state index in [2.05, 4.69) is 0 Å². The van der Waals surface area contributed by atoms with Crippen LogP contribution in [0.3, 0.4) is 0 Å². The predicted octanol–water partition coefficient (Wildman–Crippen LogP) is 3.26. The Morgan fingerprint density at radius 2 is 1.88 bits per heavy atom. The van der Waals surface area contributed by atoms with Crippen LogP contribution in [0.4, 0.5) is 0 Å². The van der Waals surface area contributed by atoms with E-state index >= 15 is 0 Å². The molecule has 0 N–H and O–H groups in total. The molecule has 24 heavy (non-hydrogen) atoms. The fourth-order valence-corrected chi connectivity index (χ4v) is 3.08. The zero-order valence-electron chi connectivity index (χ0n) is 14.1. The third kappa shape index (κ3) is 3.31. The molecule has 0 bridgehead atoms. The minimum atomic E-state index is -0.407. The predicted molar refractivity (Wildman–Crippen MR) is 91.4 cm³/mol. The second kappa shape index (κ2) is 7.53. The normalized spacial score (nSPS) is 17.9. The molecule has 1 aliphatic rings. The van der Waals surface area contributed by atoms with E-state index in [-0.39, 0.29) is 12.5 Å². The first-order chi connectivity index (χ1) is 11.4. The van der Waals surface area contributed by atoms with Gasteiger partial charge in [0.1, 0.15) is 6.61 Å². The molecule has 0 spiro atoms. The van der Waals surface area contributed by atoms with E-state index in [0.717, 1.165) is 22.5 Å². The lowest BCUT2D eigenvalue weighted by atomic mass is 9.80. The van der Waals surface area contributed by atoms with Gasteiger partial charge in [-0.05, 0) is 37.1 Å². The topological polar surface area (TPSA) is 55.8 Å². The maximum absolute atomic E-state index is 12.4. The number of halogens is 1. The SMILES string of the molecule is COC(=O)C1=C(C)N(C)C(C)=C(COC=O)C1c1ccc(Cl)cc1. The molecule has 0 saturated carbocycles. The van der Waals surface area contributed by atoms with Crippen LogP contribution in [0.1, 0.15) is 25.3 Å². The van der Waals surface area contributed by atoms with Gasteiger partial charge in [0.05, 0.1) is 12.7 Å². The molecule has 1 atom stereocenters. The summed E-state index contributed by atoms with van der Waals surface area (Å²) in [6, 6.07) is 7.27. The summed E-state index contributed by atoms with van der Waals surface area (Å²) < 4.78 is 9.99. The smallest absolute Gasteiger partial charge is 0.336 e. The summed E-state index contributed by atoms with van der Waals surface area (Å²) in [5.74, 6) is -0.763. The van der Waals surface area contributed by atoms with Crippen molar-refractivity contribution in [3.63, 3.8) is 0 Å². The number of hydrogen-bond acceptors (Lipinski definition) is 5. The summed E-state index contributed by atoms with van der Waals surface area (Å²) in [4.78, 5) is 25.0. The van der Waals surface area contributed by atoms with E-state index in [1.54, 1.807) is 12.1 Å². The van der Waals surface area contributed by atoms with Crippen LogP contribution >= 0.6 is 11.6 Å². The number of benzene rings is 1. The van der Waals surface area contributed by atoms with Crippen LogP contribution in [0.15, 0.2) is 46.8 Å². The Labute approximate surface area is 146 Å². The van der Waals surface area contributed by atoms with Gasteiger partial charge in [0.15, 0.2) is 0 Å².